The molecule has 1 aromatic rings. The van der Waals surface area contributed by atoms with Crippen molar-refractivity contribution in [2.75, 3.05) is 7.11 Å². The lowest BCUT2D eigenvalue weighted by atomic mass is 10.3. The van der Waals surface area contributed by atoms with Gasteiger partial charge in [0.05, 0.1) is 0 Å². The van der Waals surface area contributed by atoms with E-state index in [0.29, 0.717) is 0 Å². The standard InChI is InChI=1S/C8H8BO5.3CH4/c1-5(10)6-3-4-7(13-6)8(11)14-9-12-2;;;/h3-4H,1-2H3;3*1H4. The highest BCUT2D eigenvalue weighted by molar-refractivity contribution is 6.23. The molecule has 0 spiro atoms. The van der Waals surface area contributed by atoms with Crippen molar-refractivity contribution >= 4 is 19.4 Å². The zero-order valence-electron chi connectivity index (χ0n) is 7.77. The van der Waals surface area contributed by atoms with Crippen LogP contribution < -0.4 is 0 Å². The molecule has 0 aromatic carbocycles. The predicted octanol–water partition coefficient (Wildman–Crippen LogP) is 2.73. The molecule has 0 amide bonds. The molecule has 6 heteroatoms. The molecule has 0 atom stereocenters. The van der Waals surface area contributed by atoms with Crippen molar-refractivity contribution in [3.05, 3.63) is 23.7 Å². The van der Waals surface area contributed by atoms with Gasteiger partial charge in [0.2, 0.25) is 5.76 Å². The van der Waals surface area contributed by atoms with E-state index in [-0.39, 0.29) is 39.6 Å². The van der Waals surface area contributed by atoms with Crippen LogP contribution in [0.2, 0.25) is 0 Å². The van der Waals surface area contributed by atoms with Crippen LogP contribution in [0.4, 0.5) is 0 Å². The summed E-state index contributed by atoms with van der Waals surface area (Å²) in [6.45, 7) is 1.34. The Balaban J connectivity index is -0.000000653. The molecule has 0 bridgehead atoms. The second-order valence-electron chi connectivity index (χ2n) is 2.46. The SMILES string of the molecule is C.C.C.CO[B]OC(=O)c1ccc(C(C)=O)o1. The Morgan fingerprint density at radius 1 is 1.18 bits per heavy atom. The Hall–Kier alpha value is -1.56. The van der Waals surface area contributed by atoms with Crippen LogP contribution in [-0.2, 0) is 9.31 Å². The van der Waals surface area contributed by atoms with Crippen molar-refractivity contribution in [1.82, 2.24) is 0 Å². The summed E-state index contributed by atoms with van der Waals surface area (Å²) in [5, 5.41) is 0. The van der Waals surface area contributed by atoms with E-state index in [9.17, 15) is 9.59 Å². The zero-order valence-corrected chi connectivity index (χ0v) is 7.77. The van der Waals surface area contributed by atoms with E-state index < -0.39 is 5.97 Å². The van der Waals surface area contributed by atoms with Crippen LogP contribution in [0, 0.1) is 0 Å². The van der Waals surface area contributed by atoms with Gasteiger partial charge in [-0.3, -0.25) is 4.79 Å². The predicted molar refractivity (Wildman–Crippen MR) is 67.1 cm³/mol. The van der Waals surface area contributed by atoms with Gasteiger partial charge in [0.1, 0.15) is 0 Å². The van der Waals surface area contributed by atoms with E-state index in [1.807, 2.05) is 0 Å². The molecule has 0 unspecified atom stereocenters. The van der Waals surface area contributed by atoms with Crippen molar-refractivity contribution in [1.29, 1.82) is 0 Å². The van der Waals surface area contributed by atoms with Gasteiger partial charge in [0.15, 0.2) is 11.5 Å². The van der Waals surface area contributed by atoms with Crippen molar-refractivity contribution in [2.45, 2.75) is 29.2 Å². The van der Waals surface area contributed by atoms with Crippen LogP contribution in [0.15, 0.2) is 16.5 Å². The molecule has 0 aliphatic heterocycles. The van der Waals surface area contributed by atoms with Crippen LogP contribution in [0.3, 0.4) is 0 Å². The molecule has 5 nitrogen and oxygen atoms in total. The molecule has 1 radical (unpaired) electrons. The van der Waals surface area contributed by atoms with Gasteiger partial charge in [-0.15, -0.1) is 0 Å². The average Bonchev–Trinajstić information content (AvgIpc) is 2.62. The smallest absolute Gasteiger partial charge is 0.505 e. The Kier molecular flexibility index (Phi) is 11.8. The fourth-order valence-electron chi connectivity index (χ4n) is 0.787. The Morgan fingerprint density at radius 3 is 2.12 bits per heavy atom. The fraction of sp³-hybridized carbons (Fsp3) is 0.455. The van der Waals surface area contributed by atoms with Crippen LogP contribution in [0.1, 0.15) is 50.3 Å². The average molecular weight is 243 g/mol. The van der Waals surface area contributed by atoms with Crippen molar-refractivity contribution in [3.8, 4) is 0 Å². The monoisotopic (exact) mass is 243 g/mol. The summed E-state index contributed by atoms with van der Waals surface area (Å²) in [5.41, 5.74) is 0. The summed E-state index contributed by atoms with van der Waals surface area (Å²) < 4.78 is 13.8. The van der Waals surface area contributed by atoms with Gasteiger partial charge in [-0.2, -0.15) is 0 Å². The van der Waals surface area contributed by atoms with Gasteiger partial charge in [-0.05, 0) is 12.1 Å². The van der Waals surface area contributed by atoms with Crippen LogP contribution in [0.5, 0.6) is 0 Å². The fourth-order valence-corrected chi connectivity index (χ4v) is 0.787. The number of hydrogen-bond acceptors (Lipinski definition) is 5. The number of carbonyl (C=O) groups excluding carboxylic acids is 2. The topological polar surface area (TPSA) is 65.7 Å². The summed E-state index contributed by atoms with van der Waals surface area (Å²) in [6.07, 6.45) is 0. The lowest BCUT2D eigenvalue weighted by Crippen LogP contribution is -2.09. The van der Waals surface area contributed by atoms with Gasteiger partial charge < -0.3 is 13.7 Å². The summed E-state index contributed by atoms with van der Waals surface area (Å²) in [5.74, 6) is -0.878. The first-order chi connectivity index (χ1) is 6.65. The number of ketones is 1. The van der Waals surface area contributed by atoms with Crippen LogP contribution in [-0.4, -0.2) is 26.5 Å². The Morgan fingerprint density at radius 2 is 1.71 bits per heavy atom. The maximum atomic E-state index is 11.1. The first kappa shape index (κ1) is 20.8. The number of carbonyl (C=O) groups is 2. The normalized spacial score (nSPS) is 7.88. The first-order valence-corrected chi connectivity index (χ1v) is 3.81. The molecule has 1 heterocycles. The number of rotatable bonds is 4. The molecule has 0 saturated carbocycles. The van der Waals surface area contributed by atoms with E-state index in [1.54, 1.807) is 0 Å². The second-order valence-corrected chi connectivity index (χ2v) is 2.46. The number of hydrogen-bond donors (Lipinski definition) is 0. The maximum Gasteiger partial charge on any atom is 0.574 e. The third kappa shape index (κ3) is 5.92. The zero-order chi connectivity index (χ0) is 10.6. The van der Waals surface area contributed by atoms with E-state index in [4.69, 9.17) is 4.42 Å². The molecule has 1 rings (SSSR count). The van der Waals surface area contributed by atoms with Crippen molar-refractivity contribution in [2.24, 2.45) is 0 Å². The summed E-state index contributed by atoms with van der Waals surface area (Å²) in [4.78, 5) is 21.9. The quantitative estimate of drug-likeness (QED) is 0.600. The third-order valence-electron chi connectivity index (χ3n) is 1.41. The molecule has 1 aromatic heterocycles. The molecule has 0 fully saturated rings. The Labute approximate surface area is 103 Å². The van der Waals surface area contributed by atoms with Crippen molar-refractivity contribution in [3.63, 3.8) is 0 Å². The molecule has 17 heavy (non-hydrogen) atoms. The Bertz CT molecular complexity index is 345. The van der Waals surface area contributed by atoms with E-state index in [0.717, 1.165) is 7.69 Å². The molecular formula is C11H20BO5. The van der Waals surface area contributed by atoms with Gasteiger partial charge >= 0.3 is 13.7 Å². The summed E-state index contributed by atoms with van der Waals surface area (Å²) in [6, 6.07) is 2.77. The van der Waals surface area contributed by atoms with E-state index in [2.05, 4.69) is 9.31 Å². The molecule has 0 saturated heterocycles. The highest BCUT2D eigenvalue weighted by Gasteiger charge is 2.14. The van der Waals surface area contributed by atoms with Crippen molar-refractivity contribution < 1.29 is 23.3 Å². The summed E-state index contributed by atoms with van der Waals surface area (Å²) in [7, 11) is 2.22. The van der Waals surface area contributed by atoms with Gasteiger partial charge in [-0.1, -0.05) is 22.3 Å². The number of Topliss-reactive ketones (excluding diaryl/α,β-unsaturated/α-hetero) is 1. The minimum Gasteiger partial charge on any atom is -0.505 e. The largest absolute Gasteiger partial charge is 0.574 e. The maximum absolute atomic E-state index is 11.1. The first-order valence-electron chi connectivity index (χ1n) is 3.81. The van der Waals surface area contributed by atoms with Crippen LogP contribution >= 0.6 is 0 Å². The molecule has 97 valence electrons. The molecule has 0 N–H and O–H groups in total. The van der Waals surface area contributed by atoms with E-state index >= 15 is 0 Å². The van der Waals surface area contributed by atoms with Gasteiger partial charge in [0.25, 0.3) is 0 Å². The minimum absolute atomic E-state index is 0. The van der Waals surface area contributed by atoms with Gasteiger partial charge in [0, 0.05) is 14.0 Å². The van der Waals surface area contributed by atoms with Crippen LogP contribution in [0.25, 0.3) is 0 Å². The van der Waals surface area contributed by atoms with E-state index in [1.165, 1.54) is 26.2 Å². The van der Waals surface area contributed by atoms with Gasteiger partial charge in [-0.25, -0.2) is 4.79 Å². The molecular weight excluding hydrogens is 223 g/mol. The second kappa shape index (κ2) is 9.66. The lowest BCUT2D eigenvalue weighted by molar-refractivity contribution is 0.0674. The molecule has 0 aliphatic rings. The number of furan rings is 1. The summed E-state index contributed by atoms with van der Waals surface area (Å²) >= 11 is 0. The lowest BCUT2D eigenvalue weighted by Gasteiger charge is -1.97. The minimum atomic E-state index is -0.709. The third-order valence-corrected chi connectivity index (χ3v) is 1.41. The highest BCUT2D eigenvalue weighted by atomic mass is 16.6. The highest BCUT2D eigenvalue weighted by Crippen LogP contribution is 2.09. The molecule has 0 aliphatic carbocycles.